The molecule has 0 N–H and O–H groups in total. The molecule has 22 heavy (non-hydrogen) atoms. The molecule has 0 spiro atoms. The van der Waals surface area contributed by atoms with Gasteiger partial charge in [0.05, 0.1) is 0 Å². The van der Waals surface area contributed by atoms with Crippen LogP contribution in [0.5, 0.6) is 0 Å². The Bertz CT molecular complexity index is 381. The fraction of sp³-hybridized carbons (Fsp3) is 0.812. The third-order valence-electron chi connectivity index (χ3n) is 4.71. The summed E-state index contributed by atoms with van der Waals surface area (Å²) >= 11 is 0. The first-order chi connectivity index (χ1) is 10.6. The van der Waals surface area contributed by atoms with Gasteiger partial charge in [-0.05, 0) is 57.8 Å². The summed E-state index contributed by atoms with van der Waals surface area (Å²) in [6.07, 6.45) is 7.18. The van der Waals surface area contributed by atoms with Gasteiger partial charge in [0, 0.05) is 0 Å². The Labute approximate surface area is 129 Å². The molecule has 122 valence electrons. The van der Waals surface area contributed by atoms with Gasteiger partial charge in [-0.3, -0.25) is 14.4 Å². The van der Waals surface area contributed by atoms with Gasteiger partial charge in [-0.1, -0.05) is 0 Å². The minimum absolute atomic E-state index is 0.178. The Morgan fingerprint density at radius 1 is 0.591 bits per heavy atom. The molecule has 3 aliphatic carbocycles. The van der Waals surface area contributed by atoms with Gasteiger partial charge in [-0.2, -0.15) is 0 Å². The van der Waals surface area contributed by atoms with Crippen LogP contribution in [-0.2, 0) is 28.6 Å². The van der Waals surface area contributed by atoms with Crippen molar-refractivity contribution >= 4 is 17.9 Å². The molecule has 3 rings (SSSR count). The Hall–Kier alpha value is -1.59. The van der Waals surface area contributed by atoms with E-state index in [1.807, 2.05) is 0 Å². The van der Waals surface area contributed by atoms with Crippen molar-refractivity contribution in [2.45, 2.75) is 76.1 Å². The van der Waals surface area contributed by atoms with Crippen molar-refractivity contribution in [2.75, 3.05) is 0 Å². The largest absolute Gasteiger partial charge is 0.461 e. The maximum absolute atomic E-state index is 12.2. The molecule has 3 fully saturated rings. The number of carbonyl (C=O) groups is 3. The summed E-state index contributed by atoms with van der Waals surface area (Å²) in [5.74, 6) is -4.04. The van der Waals surface area contributed by atoms with Gasteiger partial charge in [0.15, 0.2) is 0 Å². The fourth-order valence-electron chi connectivity index (χ4n) is 2.45. The third-order valence-corrected chi connectivity index (χ3v) is 4.71. The zero-order valence-corrected chi connectivity index (χ0v) is 12.6. The highest BCUT2D eigenvalue weighted by Gasteiger charge is 2.43. The van der Waals surface area contributed by atoms with Crippen molar-refractivity contribution in [1.29, 1.82) is 0 Å². The Balaban J connectivity index is 1.60. The van der Waals surface area contributed by atoms with Crippen LogP contribution in [0.3, 0.4) is 0 Å². The first-order valence-electron chi connectivity index (χ1n) is 8.25. The molecule has 0 aromatic heterocycles. The Kier molecular flexibility index (Phi) is 4.64. The molecule has 0 heterocycles. The first kappa shape index (κ1) is 15.3. The van der Waals surface area contributed by atoms with Crippen LogP contribution in [0, 0.1) is 5.92 Å². The van der Waals surface area contributed by atoms with Crippen molar-refractivity contribution < 1.29 is 28.6 Å². The van der Waals surface area contributed by atoms with Crippen LogP contribution in [0.2, 0.25) is 0 Å². The van der Waals surface area contributed by atoms with Crippen molar-refractivity contribution in [3.05, 3.63) is 0 Å². The maximum atomic E-state index is 12.2. The second kappa shape index (κ2) is 6.67. The molecule has 0 aromatic rings. The van der Waals surface area contributed by atoms with E-state index in [9.17, 15) is 14.4 Å². The molecule has 6 nitrogen and oxygen atoms in total. The predicted octanol–water partition coefficient (Wildman–Crippen LogP) is 1.89. The lowest BCUT2D eigenvalue weighted by molar-refractivity contribution is -0.183. The average Bonchev–Trinajstić information content (AvgIpc) is 2.34. The molecule has 0 aliphatic heterocycles. The highest BCUT2D eigenvalue weighted by Crippen LogP contribution is 2.28. The molecule has 0 radical (unpaired) electrons. The summed E-state index contributed by atoms with van der Waals surface area (Å²) in [5, 5.41) is 0. The zero-order valence-electron chi connectivity index (χ0n) is 12.6. The van der Waals surface area contributed by atoms with Crippen LogP contribution in [0.4, 0.5) is 0 Å². The van der Waals surface area contributed by atoms with Gasteiger partial charge in [-0.15, -0.1) is 0 Å². The van der Waals surface area contributed by atoms with E-state index in [2.05, 4.69) is 0 Å². The fourth-order valence-corrected chi connectivity index (χ4v) is 2.45. The van der Waals surface area contributed by atoms with Gasteiger partial charge in [0.25, 0.3) is 5.92 Å². The monoisotopic (exact) mass is 310 g/mol. The van der Waals surface area contributed by atoms with E-state index < -0.39 is 23.8 Å². The molecule has 3 saturated carbocycles. The topological polar surface area (TPSA) is 78.9 Å². The number of carbonyl (C=O) groups excluding carboxylic acids is 3. The number of ether oxygens (including phenoxy) is 3. The van der Waals surface area contributed by atoms with E-state index in [4.69, 9.17) is 14.2 Å². The molecule has 6 heteroatoms. The van der Waals surface area contributed by atoms with Crippen molar-refractivity contribution in [3.8, 4) is 0 Å². The first-order valence-corrected chi connectivity index (χ1v) is 8.25. The predicted molar refractivity (Wildman–Crippen MR) is 74.7 cm³/mol. The normalized spacial score (nSPS) is 22.2. The second-order valence-corrected chi connectivity index (χ2v) is 6.40. The van der Waals surface area contributed by atoms with Gasteiger partial charge in [0.1, 0.15) is 18.3 Å². The highest BCUT2D eigenvalue weighted by atomic mass is 16.6. The number of hydrogen-bond donors (Lipinski definition) is 0. The third kappa shape index (κ3) is 3.42. The Morgan fingerprint density at radius 3 is 1.05 bits per heavy atom. The number of esters is 3. The average molecular weight is 310 g/mol. The summed E-state index contributed by atoms with van der Waals surface area (Å²) < 4.78 is 15.6. The molecule has 0 bridgehead atoms. The molecule has 0 unspecified atom stereocenters. The molecular formula is C16H22O6. The van der Waals surface area contributed by atoms with Crippen molar-refractivity contribution in [1.82, 2.24) is 0 Å². The van der Waals surface area contributed by atoms with Crippen LogP contribution in [0.15, 0.2) is 0 Å². The minimum atomic E-state index is -1.58. The van der Waals surface area contributed by atoms with Crippen molar-refractivity contribution in [2.24, 2.45) is 5.92 Å². The number of hydrogen-bond acceptors (Lipinski definition) is 6. The van der Waals surface area contributed by atoms with E-state index in [1.54, 1.807) is 0 Å². The van der Waals surface area contributed by atoms with Gasteiger partial charge in [-0.25, -0.2) is 0 Å². The quantitative estimate of drug-likeness (QED) is 0.423. The van der Waals surface area contributed by atoms with Crippen LogP contribution in [0.1, 0.15) is 57.8 Å². The molecular weight excluding hydrogens is 288 g/mol. The van der Waals surface area contributed by atoms with Crippen LogP contribution in [-0.4, -0.2) is 36.2 Å². The Morgan fingerprint density at radius 2 is 0.864 bits per heavy atom. The van der Waals surface area contributed by atoms with Gasteiger partial charge >= 0.3 is 17.9 Å². The second-order valence-electron chi connectivity index (χ2n) is 6.40. The van der Waals surface area contributed by atoms with Crippen molar-refractivity contribution in [3.63, 3.8) is 0 Å². The summed E-state index contributed by atoms with van der Waals surface area (Å²) in [5.41, 5.74) is 0. The summed E-state index contributed by atoms with van der Waals surface area (Å²) in [6, 6.07) is 0. The summed E-state index contributed by atoms with van der Waals surface area (Å²) in [6.45, 7) is 0. The molecule has 0 aromatic carbocycles. The lowest BCUT2D eigenvalue weighted by Gasteiger charge is -2.30. The van der Waals surface area contributed by atoms with E-state index in [0.717, 1.165) is 57.8 Å². The minimum Gasteiger partial charge on any atom is -0.461 e. The van der Waals surface area contributed by atoms with E-state index in [1.165, 1.54) is 0 Å². The summed E-state index contributed by atoms with van der Waals surface area (Å²) in [7, 11) is 0. The SMILES string of the molecule is O=C(OC1CCC1)C(C(=O)OC1CCC1)C(=O)OC1CCC1. The van der Waals surface area contributed by atoms with E-state index in [0.29, 0.717) is 0 Å². The van der Waals surface area contributed by atoms with Crippen LogP contribution < -0.4 is 0 Å². The highest BCUT2D eigenvalue weighted by molar-refractivity contribution is 6.12. The standard InChI is InChI=1S/C16H22O6/c17-14(20-10-4-1-5-10)13(15(18)21-11-6-2-7-11)16(19)22-12-8-3-9-12/h10-13H,1-9H2. The zero-order chi connectivity index (χ0) is 15.5. The molecule has 3 aliphatic rings. The van der Waals surface area contributed by atoms with Gasteiger partial charge < -0.3 is 14.2 Å². The summed E-state index contributed by atoms with van der Waals surface area (Å²) in [4.78, 5) is 36.5. The maximum Gasteiger partial charge on any atom is 0.332 e. The van der Waals surface area contributed by atoms with Crippen LogP contribution in [0.25, 0.3) is 0 Å². The lowest BCUT2D eigenvalue weighted by atomic mass is 9.95. The molecule has 0 amide bonds. The molecule has 0 saturated heterocycles. The van der Waals surface area contributed by atoms with Crippen LogP contribution >= 0.6 is 0 Å². The van der Waals surface area contributed by atoms with E-state index >= 15 is 0 Å². The van der Waals surface area contributed by atoms with E-state index in [-0.39, 0.29) is 18.3 Å². The number of rotatable bonds is 6. The smallest absolute Gasteiger partial charge is 0.332 e. The lowest BCUT2D eigenvalue weighted by Crippen LogP contribution is -2.42. The molecule has 0 atom stereocenters. The van der Waals surface area contributed by atoms with Gasteiger partial charge in [0.2, 0.25) is 0 Å².